The Balaban J connectivity index is 0. The standard InChI is InChI=1S/C25H52O4S.Na/c1-3-5-7-9-11-13-15-17-19-21-23-25(24-29-30(26,27)28)22-20-18-16-14-12-10-8-6-4-2;/h25H,3-24H2,1-2H3,(H,26,27,28);/q;+1/p-1. The molecule has 0 aromatic rings. The molecule has 1 unspecified atom stereocenters. The summed E-state index contributed by atoms with van der Waals surface area (Å²) in [5.41, 5.74) is 0. The molecule has 4 nitrogen and oxygen atoms in total. The van der Waals surface area contributed by atoms with Gasteiger partial charge in [0.15, 0.2) is 0 Å². The molecule has 0 aromatic carbocycles. The Morgan fingerprint density at radius 2 is 0.871 bits per heavy atom. The van der Waals surface area contributed by atoms with Crippen LogP contribution >= 0.6 is 0 Å². The topological polar surface area (TPSA) is 66.4 Å². The van der Waals surface area contributed by atoms with Crippen molar-refractivity contribution in [3.63, 3.8) is 0 Å². The molecular formula is C25H51NaO4S. The van der Waals surface area contributed by atoms with Gasteiger partial charge in [0.25, 0.3) is 0 Å². The molecule has 0 fully saturated rings. The molecule has 0 aliphatic heterocycles. The summed E-state index contributed by atoms with van der Waals surface area (Å²) in [6.45, 7) is 4.56. The van der Waals surface area contributed by atoms with Crippen molar-refractivity contribution in [1.29, 1.82) is 0 Å². The van der Waals surface area contributed by atoms with Gasteiger partial charge in [-0.2, -0.15) is 0 Å². The molecule has 182 valence electrons. The van der Waals surface area contributed by atoms with E-state index >= 15 is 0 Å². The zero-order valence-corrected chi connectivity index (χ0v) is 24.0. The van der Waals surface area contributed by atoms with Crippen LogP contribution in [0.15, 0.2) is 0 Å². The third kappa shape index (κ3) is 28.8. The van der Waals surface area contributed by atoms with E-state index in [0.717, 1.165) is 25.7 Å². The number of rotatable bonds is 24. The molecule has 0 saturated heterocycles. The smallest absolute Gasteiger partial charge is 0.726 e. The van der Waals surface area contributed by atoms with Crippen molar-refractivity contribution >= 4 is 10.4 Å². The normalized spacial score (nSPS) is 12.6. The molecule has 0 aliphatic carbocycles. The summed E-state index contributed by atoms with van der Waals surface area (Å²) in [5, 5.41) is 0. The van der Waals surface area contributed by atoms with Crippen molar-refractivity contribution < 1.29 is 46.7 Å². The van der Waals surface area contributed by atoms with Crippen molar-refractivity contribution in [2.45, 2.75) is 149 Å². The van der Waals surface area contributed by atoms with E-state index in [1.54, 1.807) is 0 Å². The maximum Gasteiger partial charge on any atom is 1.00 e. The SMILES string of the molecule is CCCCCCCCCCCCC(CCCCCCCCCCC)COS(=O)(=O)[O-].[Na+]. The van der Waals surface area contributed by atoms with Crippen LogP contribution in [0.3, 0.4) is 0 Å². The molecule has 0 spiro atoms. The van der Waals surface area contributed by atoms with Gasteiger partial charge in [0.05, 0.1) is 6.61 Å². The minimum atomic E-state index is -4.57. The summed E-state index contributed by atoms with van der Waals surface area (Å²) in [5.74, 6) is 0.201. The maximum absolute atomic E-state index is 10.8. The van der Waals surface area contributed by atoms with Crippen LogP contribution in [0.4, 0.5) is 0 Å². The van der Waals surface area contributed by atoms with Crippen LogP contribution in [0, 0.1) is 5.92 Å². The van der Waals surface area contributed by atoms with E-state index in [9.17, 15) is 13.0 Å². The van der Waals surface area contributed by atoms with Crippen LogP contribution in [0.5, 0.6) is 0 Å². The van der Waals surface area contributed by atoms with Crippen LogP contribution < -0.4 is 29.6 Å². The predicted molar refractivity (Wildman–Crippen MR) is 127 cm³/mol. The Morgan fingerprint density at radius 3 is 1.16 bits per heavy atom. The molecule has 1 atom stereocenters. The summed E-state index contributed by atoms with van der Waals surface area (Å²) in [6.07, 6.45) is 26.5. The van der Waals surface area contributed by atoms with Gasteiger partial charge in [0.2, 0.25) is 10.4 Å². The minimum Gasteiger partial charge on any atom is -0.726 e. The van der Waals surface area contributed by atoms with E-state index < -0.39 is 10.4 Å². The molecule has 0 N–H and O–H groups in total. The summed E-state index contributed by atoms with van der Waals surface area (Å²) >= 11 is 0. The molecule has 0 amide bonds. The number of hydrogen-bond acceptors (Lipinski definition) is 4. The first-order valence-electron chi connectivity index (χ1n) is 13.1. The van der Waals surface area contributed by atoms with Gasteiger partial charge in [-0.3, -0.25) is 4.18 Å². The van der Waals surface area contributed by atoms with Crippen molar-refractivity contribution in [1.82, 2.24) is 0 Å². The molecule has 0 aromatic heterocycles. The van der Waals surface area contributed by atoms with E-state index in [4.69, 9.17) is 0 Å². The third-order valence-electron chi connectivity index (χ3n) is 6.13. The average Bonchev–Trinajstić information content (AvgIpc) is 2.70. The molecule has 0 saturated carbocycles. The van der Waals surface area contributed by atoms with Crippen LogP contribution in [-0.2, 0) is 14.6 Å². The van der Waals surface area contributed by atoms with E-state index in [-0.39, 0.29) is 42.1 Å². The van der Waals surface area contributed by atoms with Crippen molar-refractivity contribution in [2.24, 2.45) is 5.92 Å². The third-order valence-corrected chi connectivity index (χ3v) is 6.55. The van der Waals surface area contributed by atoms with Crippen molar-refractivity contribution in [3.8, 4) is 0 Å². The molecule has 0 rings (SSSR count). The Hall–Kier alpha value is 0.870. The molecule has 0 radical (unpaired) electrons. The second kappa shape index (κ2) is 25.5. The molecular weight excluding hydrogens is 419 g/mol. The van der Waals surface area contributed by atoms with Gasteiger partial charge in [-0.25, -0.2) is 8.42 Å². The monoisotopic (exact) mass is 470 g/mol. The summed E-state index contributed by atoms with van der Waals surface area (Å²) in [6, 6.07) is 0. The fourth-order valence-electron chi connectivity index (χ4n) is 4.15. The van der Waals surface area contributed by atoms with Gasteiger partial charge in [0.1, 0.15) is 0 Å². The number of unbranched alkanes of at least 4 members (excludes halogenated alkanes) is 17. The van der Waals surface area contributed by atoms with Gasteiger partial charge in [0, 0.05) is 0 Å². The molecule has 31 heavy (non-hydrogen) atoms. The van der Waals surface area contributed by atoms with Crippen molar-refractivity contribution in [3.05, 3.63) is 0 Å². The Bertz CT molecular complexity index is 443. The van der Waals surface area contributed by atoms with Crippen LogP contribution in [0.1, 0.15) is 149 Å². The minimum absolute atomic E-state index is 0. The maximum atomic E-state index is 10.8. The van der Waals surface area contributed by atoms with Gasteiger partial charge >= 0.3 is 29.6 Å². The first-order valence-corrected chi connectivity index (χ1v) is 14.4. The van der Waals surface area contributed by atoms with E-state index in [1.807, 2.05) is 0 Å². The zero-order valence-electron chi connectivity index (χ0n) is 21.2. The number of hydrogen-bond donors (Lipinski definition) is 0. The summed E-state index contributed by atoms with van der Waals surface area (Å²) < 4.78 is 37.1. The van der Waals surface area contributed by atoms with Crippen molar-refractivity contribution in [2.75, 3.05) is 6.61 Å². The Kier molecular flexibility index (Phi) is 28.0. The molecule has 0 aliphatic rings. The summed E-state index contributed by atoms with van der Waals surface area (Å²) in [4.78, 5) is 0. The van der Waals surface area contributed by atoms with Gasteiger partial charge in [-0.05, 0) is 18.8 Å². The van der Waals surface area contributed by atoms with E-state index in [0.29, 0.717) is 0 Å². The average molecular weight is 471 g/mol. The van der Waals surface area contributed by atoms with Gasteiger partial charge in [-0.1, -0.05) is 136 Å². The summed E-state index contributed by atoms with van der Waals surface area (Å²) in [7, 11) is -4.57. The van der Waals surface area contributed by atoms with E-state index in [2.05, 4.69) is 18.0 Å². The van der Waals surface area contributed by atoms with Crippen LogP contribution in [-0.4, -0.2) is 19.6 Å². The largest absolute Gasteiger partial charge is 1.00 e. The fraction of sp³-hybridized carbons (Fsp3) is 1.00. The van der Waals surface area contributed by atoms with Gasteiger partial charge < -0.3 is 4.55 Å². The second-order valence-corrected chi connectivity index (χ2v) is 10.2. The zero-order chi connectivity index (χ0) is 22.3. The quantitative estimate of drug-likeness (QED) is 0.0829. The molecule has 0 bridgehead atoms. The van der Waals surface area contributed by atoms with Crippen LogP contribution in [0.2, 0.25) is 0 Å². The Labute approximate surface area is 217 Å². The fourth-order valence-corrected chi connectivity index (χ4v) is 4.51. The first kappa shape index (κ1) is 34.0. The predicted octanol–water partition coefficient (Wildman–Crippen LogP) is 5.32. The van der Waals surface area contributed by atoms with E-state index in [1.165, 1.54) is 109 Å². The molecule has 6 heteroatoms. The Morgan fingerprint density at radius 1 is 0.581 bits per heavy atom. The van der Waals surface area contributed by atoms with Gasteiger partial charge in [-0.15, -0.1) is 0 Å². The first-order chi connectivity index (χ1) is 14.5. The van der Waals surface area contributed by atoms with Crippen LogP contribution in [0.25, 0.3) is 0 Å². The molecule has 0 heterocycles. The second-order valence-electron chi connectivity index (χ2n) is 9.15.